The van der Waals surface area contributed by atoms with Crippen molar-refractivity contribution in [3.63, 3.8) is 0 Å². The van der Waals surface area contributed by atoms with Crippen molar-refractivity contribution in [3.8, 4) is 0 Å². The Labute approximate surface area is 306 Å². The van der Waals surface area contributed by atoms with Crippen LogP contribution in [-0.4, -0.2) is 75.3 Å². The van der Waals surface area contributed by atoms with Gasteiger partial charge in [0.2, 0.25) is 11.8 Å². The number of cyclic esters (lactones) is 1. The van der Waals surface area contributed by atoms with Crippen LogP contribution in [0.4, 0.5) is 9.59 Å². The van der Waals surface area contributed by atoms with Crippen LogP contribution in [0.2, 0.25) is 0 Å². The van der Waals surface area contributed by atoms with E-state index in [-0.39, 0.29) is 36.7 Å². The van der Waals surface area contributed by atoms with Crippen LogP contribution in [0.25, 0.3) is 0 Å². The minimum absolute atomic E-state index is 0.0118. The number of nitrogens with zero attached hydrogens (tertiary/aromatic N) is 2. The van der Waals surface area contributed by atoms with Gasteiger partial charge in [0, 0.05) is 24.8 Å². The Morgan fingerprint density at radius 2 is 1.79 bits per heavy atom. The van der Waals surface area contributed by atoms with E-state index in [1.54, 1.807) is 35.2 Å². The number of ether oxygens (including phenoxy) is 2. The zero-order valence-corrected chi connectivity index (χ0v) is 31.8. The molecule has 282 valence electrons. The summed E-state index contributed by atoms with van der Waals surface area (Å²) < 4.78 is 25.8. The molecule has 7 atom stereocenters. The molecule has 0 spiro atoms. The lowest BCUT2D eigenvalue weighted by atomic mass is 9.85. The lowest BCUT2D eigenvalue weighted by Gasteiger charge is -2.35. The average molecular weight is 737 g/mol. The van der Waals surface area contributed by atoms with Gasteiger partial charge < -0.3 is 29.9 Å². The second-order valence-corrected chi connectivity index (χ2v) is 18.7. The standard InChI is InChI=1S/C39H53N4O8P/c1-6-28-20-39(28,52(48,49)30-17-8-7-9-18-30)41-34(44)32-19-29-22-43(32)35(45)33(38(3,4)5)40-36(46)50-24-25(2)13-10-11-14-26-15-12-16-27-21-42(23-31(26)27)37(47)51-29/h7-9,12,15-18,25,28-29,32-33H,6,10-11,13-14,19-24H2,1-5H3,(H,40,46)(H,41,44)(H,48,49)/t25-,28-,29-,32+,33-,39+/m1/s1. The quantitative estimate of drug-likeness (QED) is 0.343. The fraction of sp³-hybridized carbons (Fsp3) is 0.590. The van der Waals surface area contributed by atoms with Crippen LogP contribution >= 0.6 is 7.37 Å². The van der Waals surface area contributed by atoms with E-state index < -0.39 is 60.3 Å². The minimum Gasteiger partial charge on any atom is -0.449 e. The SMILES string of the molecule is CC[C@@H]1C[C@]1(NC(=O)[C@@H]1C[C@@H]2CN1C(=O)[C@H](C(C)(C)C)NC(=O)OC[C@H](C)CCCCc1cccc3c1CN(C3)C(=O)O2)P(=O)(O)c1ccccc1. The molecule has 12 nitrogen and oxygen atoms in total. The zero-order chi connectivity index (χ0) is 37.4. The summed E-state index contributed by atoms with van der Waals surface area (Å²) in [6, 6.07) is 12.2. The maximum absolute atomic E-state index is 14.5. The van der Waals surface area contributed by atoms with Crippen molar-refractivity contribution in [2.24, 2.45) is 17.3 Å². The third-order valence-corrected chi connectivity index (χ3v) is 14.0. The van der Waals surface area contributed by atoms with Crippen LogP contribution in [0.5, 0.6) is 0 Å². The highest BCUT2D eigenvalue weighted by Crippen LogP contribution is 2.69. The lowest BCUT2D eigenvalue weighted by molar-refractivity contribution is -0.142. The number of benzene rings is 2. The normalized spacial score (nSPS) is 29.7. The summed E-state index contributed by atoms with van der Waals surface area (Å²) >= 11 is 0. The summed E-state index contributed by atoms with van der Waals surface area (Å²) in [5, 5.41) is 4.56. The molecular formula is C39H53N4O8P. The van der Waals surface area contributed by atoms with E-state index in [0.29, 0.717) is 25.9 Å². The van der Waals surface area contributed by atoms with Crippen LogP contribution in [0.1, 0.15) is 89.8 Å². The molecule has 0 radical (unpaired) electrons. The van der Waals surface area contributed by atoms with Crippen molar-refractivity contribution < 1.29 is 38.1 Å². The highest BCUT2D eigenvalue weighted by atomic mass is 31.2. The molecular weight excluding hydrogens is 683 g/mol. The Morgan fingerprint density at radius 1 is 1.06 bits per heavy atom. The third-order valence-electron chi connectivity index (χ3n) is 11.3. The van der Waals surface area contributed by atoms with Crippen molar-refractivity contribution in [2.75, 3.05) is 13.2 Å². The second kappa shape index (κ2) is 14.9. The molecule has 52 heavy (non-hydrogen) atoms. The van der Waals surface area contributed by atoms with Gasteiger partial charge in [-0.1, -0.05) is 83.9 Å². The molecule has 2 aromatic carbocycles. The first kappa shape index (κ1) is 37.9. The van der Waals surface area contributed by atoms with Gasteiger partial charge in [0.15, 0.2) is 0 Å². The summed E-state index contributed by atoms with van der Waals surface area (Å²) in [5.41, 5.74) is 2.62. The highest BCUT2D eigenvalue weighted by molar-refractivity contribution is 7.68. The minimum atomic E-state index is -4.11. The zero-order valence-electron chi connectivity index (χ0n) is 30.9. The number of fused-ring (bicyclic) bond motifs is 3. The van der Waals surface area contributed by atoms with Gasteiger partial charge in [-0.15, -0.1) is 0 Å². The fourth-order valence-corrected chi connectivity index (χ4v) is 10.5. The summed E-state index contributed by atoms with van der Waals surface area (Å²) in [6.07, 6.45) is 2.41. The molecule has 1 aliphatic carbocycles. The van der Waals surface area contributed by atoms with E-state index in [1.807, 2.05) is 46.8 Å². The van der Waals surface area contributed by atoms with Crippen molar-refractivity contribution in [1.29, 1.82) is 0 Å². The van der Waals surface area contributed by atoms with Crippen molar-refractivity contribution in [1.82, 2.24) is 20.4 Å². The van der Waals surface area contributed by atoms with E-state index in [9.17, 15) is 28.6 Å². The first-order valence-corrected chi connectivity index (χ1v) is 20.3. The Balaban J connectivity index is 1.30. The van der Waals surface area contributed by atoms with Gasteiger partial charge in [0.05, 0.1) is 13.2 Å². The summed E-state index contributed by atoms with van der Waals surface area (Å²) in [5.74, 6) is -1.27. The van der Waals surface area contributed by atoms with Gasteiger partial charge in [-0.2, -0.15) is 0 Å². The number of amides is 4. The van der Waals surface area contributed by atoms with Gasteiger partial charge in [-0.25, -0.2) is 9.59 Å². The summed E-state index contributed by atoms with van der Waals surface area (Å²) in [7, 11) is -4.11. The average Bonchev–Trinajstić information content (AvgIpc) is 3.42. The Morgan fingerprint density at radius 3 is 2.48 bits per heavy atom. The Hall–Kier alpha value is -3.89. The largest absolute Gasteiger partial charge is 0.449 e. The monoisotopic (exact) mass is 736 g/mol. The number of hydrogen-bond acceptors (Lipinski definition) is 7. The number of carbonyl (C=O) groups is 4. The van der Waals surface area contributed by atoms with E-state index in [4.69, 9.17) is 9.47 Å². The molecule has 3 N–H and O–H groups in total. The van der Waals surface area contributed by atoms with Gasteiger partial charge in [0.1, 0.15) is 23.5 Å². The maximum Gasteiger partial charge on any atom is 0.410 e. The summed E-state index contributed by atoms with van der Waals surface area (Å²) in [4.78, 5) is 70.3. The predicted octanol–water partition coefficient (Wildman–Crippen LogP) is 5.45. The predicted molar refractivity (Wildman–Crippen MR) is 196 cm³/mol. The topological polar surface area (TPSA) is 155 Å². The molecule has 2 fully saturated rings. The van der Waals surface area contributed by atoms with Crippen LogP contribution in [0.15, 0.2) is 48.5 Å². The van der Waals surface area contributed by atoms with Crippen LogP contribution in [0, 0.1) is 17.3 Å². The van der Waals surface area contributed by atoms with E-state index in [2.05, 4.69) is 16.7 Å². The number of carbonyl (C=O) groups excluding carboxylic acids is 4. The van der Waals surface area contributed by atoms with Crippen molar-refractivity contribution in [2.45, 2.75) is 116 Å². The fourth-order valence-electron chi connectivity index (χ4n) is 8.09. The summed E-state index contributed by atoms with van der Waals surface area (Å²) in [6.45, 7) is 10.3. The number of rotatable bonds is 5. The molecule has 4 amide bonds. The second-order valence-electron chi connectivity index (χ2n) is 16.2. The van der Waals surface area contributed by atoms with E-state index in [0.717, 1.165) is 36.8 Å². The van der Waals surface area contributed by atoms with Gasteiger partial charge in [-0.05, 0) is 71.8 Å². The number of nitrogens with one attached hydrogen (secondary N) is 2. The molecule has 4 aliphatic rings. The molecule has 0 aromatic heterocycles. The number of alkyl carbamates (subject to hydrolysis) is 1. The van der Waals surface area contributed by atoms with Crippen LogP contribution < -0.4 is 15.9 Å². The molecule has 1 unspecified atom stereocenters. The van der Waals surface area contributed by atoms with Crippen LogP contribution in [-0.2, 0) is 43.1 Å². The molecule has 4 bridgehead atoms. The highest BCUT2D eigenvalue weighted by Gasteiger charge is 2.66. The lowest BCUT2D eigenvalue weighted by Crippen LogP contribution is -2.58. The Bertz CT molecular complexity index is 1730. The van der Waals surface area contributed by atoms with E-state index in [1.165, 1.54) is 10.5 Å². The van der Waals surface area contributed by atoms with Gasteiger partial charge >= 0.3 is 12.2 Å². The van der Waals surface area contributed by atoms with Gasteiger partial charge in [-0.3, -0.25) is 19.1 Å². The number of hydrogen-bond donors (Lipinski definition) is 3. The van der Waals surface area contributed by atoms with Crippen LogP contribution in [0.3, 0.4) is 0 Å². The molecule has 2 aromatic rings. The molecule has 6 rings (SSSR count). The molecule has 13 heteroatoms. The third kappa shape index (κ3) is 7.60. The molecule has 1 saturated heterocycles. The van der Waals surface area contributed by atoms with Gasteiger partial charge in [0.25, 0.3) is 7.37 Å². The first-order valence-electron chi connectivity index (χ1n) is 18.6. The molecule has 3 heterocycles. The van der Waals surface area contributed by atoms with Crippen molar-refractivity contribution >= 4 is 36.7 Å². The first-order chi connectivity index (χ1) is 24.6. The van der Waals surface area contributed by atoms with E-state index >= 15 is 0 Å². The molecule has 1 saturated carbocycles. The number of aryl methyl sites for hydroxylation is 1. The van der Waals surface area contributed by atoms with Crippen molar-refractivity contribution in [3.05, 3.63) is 65.2 Å². The Kier molecular flexibility index (Phi) is 10.8. The smallest absolute Gasteiger partial charge is 0.410 e. The molecule has 3 aliphatic heterocycles. The maximum atomic E-state index is 14.5.